The maximum absolute atomic E-state index is 12.2. The van der Waals surface area contributed by atoms with Crippen molar-refractivity contribution in [3.63, 3.8) is 0 Å². The van der Waals surface area contributed by atoms with Gasteiger partial charge in [0.25, 0.3) is 0 Å². The topological polar surface area (TPSA) is 52.6 Å². The summed E-state index contributed by atoms with van der Waals surface area (Å²) in [5.41, 5.74) is 2.87. The number of carbonyl (C=O) groups is 2. The molecule has 146 valence electrons. The van der Waals surface area contributed by atoms with E-state index in [0.717, 1.165) is 11.1 Å². The molecule has 0 bridgehead atoms. The molecule has 0 saturated heterocycles. The van der Waals surface area contributed by atoms with Crippen molar-refractivity contribution in [3.8, 4) is 5.75 Å². The van der Waals surface area contributed by atoms with Gasteiger partial charge in [0.05, 0.1) is 12.7 Å². The van der Waals surface area contributed by atoms with Crippen LogP contribution in [-0.4, -0.2) is 18.9 Å². The Morgan fingerprint density at radius 1 is 0.931 bits per heavy atom. The molecule has 0 aliphatic rings. The monoisotopic (exact) mass is 406 g/mol. The van der Waals surface area contributed by atoms with Gasteiger partial charge in [0.15, 0.2) is 5.78 Å². The molecule has 0 atom stereocenters. The van der Waals surface area contributed by atoms with Crippen LogP contribution in [0.5, 0.6) is 5.75 Å². The van der Waals surface area contributed by atoms with E-state index in [-0.39, 0.29) is 11.8 Å². The van der Waals surface area contributed by atoms with Crippen LogP contribution in [-0.2, 0) is 11.3 Å². The van der Waals surface area contributed by atoms with Gasteiger partial charge in [-0.05, 0) is 53.6 Å². The first-order chi connectivity index (χ1) is 14.0. The number of halogens is 1. The van der Waals surface area contributed by atoms with E-state index in [1.54, 1.807) is 42.5 Å². The quantitative estimate of drug-likeness (QED) is 0.291. The van der Waals surface area contributed by atoms with Crippen molar-refractivity contribution >= 4 is 29.4 Å². The maximum Gasteiger partial charge on any atom is 0.337 e. The molecule has 4 nitrogen and oxygen atoms in total. The lowest BCUT2D eigenvalue weighted by Gasteiger charge is -2.07. The van der Waals surface area contributed by atoms with Gasteiger partial charge in [0.2, 0.25) is 0 Å². The summed E-state index contributed by atoms with van der Waals surface area (Å²) in [7, 11) is 1.35. The van der Waals surface area contributed by atoms with Gasteiger partial charge in [-0.2, -0.15) is 0 Å². The van der Waals surface area contributed by atoms with Crippen LogP contribution in [0.1, 0.15) is 31.8 Å². The highest BCUT2D eigenvalue weighted by molar-refractivity contribution is 6.31. The average Bonchev–Trinajstić information content (AvgIpc) is 2.76. The zero-order chi connectivity index (χ0) is 20.6. The standard InChI is InChI=1S/C24H19ClO4/c1-28-24(27)19-10-5-18(6-11-19)16-29-22-12-7-17(8-13-22)9-14-23(26)20-3-2-4-21(25)15-20/h2-15H,16H2,1H3/b14-9+. The summed E-state index contributed by atoms with van der Waals surface area (Å²) in [5, 5.41) is 0.533. The van der Waals surface area contributed by atoms with E-state index in [4.69, 9.17) is 16.3 Å². The number of methoxy groups -OCH3 is 1. The number of rotatable bonds is 7. The second-order valence-electron chi connectivity index (χ2n) is 6.25. The van der Waals surface area contributed by atoms with Gasteiger partial charge >= 0.3 is 5.97 Å². The average molecular weight is 407 g/mol. The molecular weight excluding hydrogens is 388 g/mol. The molecule has 0 aliphatic heterocycles. The lowest BCUT2D eigenvalue weighted by atomic mass is 10.1. The van der Waals surface area contributed by atoms with Crippen molar-refractivity contribution in [2.45, 2.75) is 6.61 Å². The van der Waals surface area contributed by atoms with Crippen LogP contribution in [0.25, 0.3) is 6.08 Å². The fourth-order valence-corrected chi connectivity index (χ4v) is 2.80. The minimum atomic E-state index is -0.366. The van der Waals surface area contributed by atoms with Crippen molar-refractivity contribution in [1.29, 1.82) is 0 Å². The largest absolute Gasteiger partial charge is 0.489 e. The van der Waals surface area contributed by atoms with E-state index in [9.17, 15) is 9.59 Å². The first-order valence-corrected chi connectivity index (χ1v) is 9.31. The van der Waals surface area contributed by atoms with Gasteiger partial charge in [0, 0.05) is 10.6 Å². The van der Waals surface area contributed by atoms with Gasteiger partial charge in [0.1, 0.15) is 12.4 Å². The normalized spacial score (nSPS) is 10.7. The molecule has 3 aromatic rings. The third-order valence-electron chi connectivity index (χ3n) is 4.20. The number of hydrogen-bond donors (Lipinski definition) is 0. The molecule has 0 radical (unpaired) electrons. The molecule has 5 heteroatoms. The van der Waals surface area contributed by atoms with Crippen molar-refractivity contribution < 1.29 is 19.1 Å². The molecule has 0 spiro atoms. The summed E-state index contributed by atoms with van der Waals surface area (Å²) in [6.45, 7) is 0.379. The highest BCUT2D eigenvalue weighted by atomic mass is 35.5. The molecule has 3 rings (SSSR count). The van der Waals surface area contributed by atoms with Crippen molar-refractivity contribution in [2.75, 3.05) is 7.11 Å². The van der Waals surface area contributed by atoms with E-state index in [1.807, 2.05) is 36.4 Å². The minimum absolute atomic E-state index is 0.108. The van der Waals surface area contributed by atoms with Crippen LogP contribution in [0.2, 0.25) is 5.02 Å². The van der Waals surface area contributed by atoms with Gasteiger partial charge in [-0.3, -0.25) is 4.79 Å². The van der Waals surface area contributed by atoms with E-state index >= 15 is 0 Å². The SMILES string of the molecule is COC(=O)c1ccc(COc2ccc(/C=C/C(=O)c3cccc(Cl)c3)cc2)cc1. The second kappa shape index (κ2) is 9.71. The second-order valence-corrected chi connectivity index (χ2v) is 6.69. The lowest BCUT2D eigenvalue weighted by molar-refractivity contribution is 0.0600. The van der Waals surface area contributed by atoms with E-state index in [1.165, 1.54) is 13.2 Å². The van der Waals surface area contributed by atoms with E-state index in [0.29, 0.717) is 28.5 Å². The van der Waals surface area contributed by atoms with Crippen LogP contribution in [0, 0.1) is 0 Å². The molecule has 0 aliphatic carbocycles. The zero-order valence-corrected chi connectivity index (χ0v) is 16.6. The first kappa shape index (κ1) is 20.4. The Bertz CT molecular complexity index is 1020. The maximum atomic E-state index is 12.2. The van der Waals surface area contributed by atoms with Crippen LogP contribution >= 0.6 is 11.6 Å². The minimum Gasteiger partial charge on any atom is -0.489 e. The number of esters is 1. The summed E-state index contributed by atoms with van der Waals surface area (Å²) in [6, 6.07) is 21.3. The number of carbonyl (C=O) groups excluding carboxylic acids is 2. The summed E-state index contributed by atoms with van der Waals surface area (Å²) in [6.07, 6.45) is 3.27. The van der Waals surface area contributed by atoms with Crippen LogP contribution in [0.4, 0.5) is 0 Å². The number of ketones is 1. The summed E-state index contributed by atoms with van der Waals surface area (Å²) >= 11 is 5.91. The van der Waals surface area contributed by atoms with Crippen molar-refractivity contribution in [1.82, 2.24) is 0 Å². The predicted molar refractivity (Wildman–Crippen MR) is 113 cm³/mol. The molecule has 0 saturated carbocycles. The van der Waals surface area contributed by atoms with Crippen LogP contribution in [0.15, 0.2) is 78.9 Å². The number of benzene rings is 3. The fraction of sp³-hybridized carbons (Fsp3) is 0.0833. The highest BCUT2D eigenvalue weighted by Gasteiger charge is 2.05. The van der Waals surface area contributed by atoms with Gasteiger partial charge < -0.3 is 9.47 Å². The molecule has 0 aromatic heterocycles. The Morgan fingerprint density at radius 2 is 1.66 bits per heavy atom. The lowest BCUT2D eigenvalue weighted by Crippen LogP contribution is -2.01. The molecule has 0 heterocycles. The molecule has 3 aromatic carbocycles. The third-order valence-corrected chi connectivity index (χ3v) is 4.43. The predicted octanol–water partition coefficient (Wildman–Crippen LogP) is 5.60. The first-order valence-electron chi connectivity index (χ1n) is 8.93. The summed E-state index contributed by atoms with van der Waals surface area (Å²) in [5.74, 6) is 0.235. The molecule has 0 unspecified atom stereocenters. The Kier molecular flexibility index (Phi) is 6.82. The van der Waals surface area contributed by atoms with Crippen LogP contribution in [0.3, 0.4) is 0 Å². The van der Waals surface area contributed by atoms with Gasteiger partial charge in [-0.1, -0.05) is 54.1 Å². The molecular formula is C24H19ClO4. The number of allylic oxidation sites excluding steroid dienone is 1. The van der Waals surface area contributed by atoms with Gasteiger partial charge in [-0.25, -0.2) is 4.79 Å². The Balaban J connectivity index is 1.56. The molecule has 0 N–H and O–H groups in total. The Morgan fingerprint density at radius 3 is 2.31 bits per heavy atom. The molecule has 0 fully saturated rings. The Hall–Kier alpha value is -3.37. The number of hydrogen-bond acceptors (Lipinski definition) is 4. The molecule has 29 heavy (non-hydrogen) atoms. The zero-order valence-electron chi connectivity index (χ0n) is 15.8. The summed E-state index contributed by atoms with van der Waals surface area (Å²) < 4.78 is 10.4. The highest BCUT2D eigenvalue weighted by Crippen LogP contribution is 2.17. The summed E-state index contributed by atoms with van der Waals surface area (Å²) in [4.78, 5) is 23.6. The van der Waals surface area contributed by atoms with E-state index < -0.39 is 0 Å². The van der Waals surface area contributed by atoms with E-state index in [2.05, 4.69) is 4.74 Å². The van der Waals surface area contributed by atoms with Crippen molar-refractivity contribution in [3.05, 3.63) is 106 Å². The smallest absolute Gasteiger partial charge is 0.337 e. The third kappa shape index (κ3) is 5.80. The van der Waals surface area contributed by atoms with Crippen LogP contribution < -0.4 is 4.74 Å². The van der Waals surface area contributed by atoms with Crippen molar-refractivity contribution in [2.24, 2.45) is 0 Å². The molecule has 0 amide bonds. The fourth-order valence-electron chi connectivity index (χ4n) is 2.61. The van der Waals surface area contributed by atoms with Gasteiger partial charge in [-0.15, -0.1) is 0 Å². The Labute approximate surface area is 174 Å². The number of ether oxygens (including phenoxy) is 2.